The average molecular weight is 554 g/mol. The number of rotatable bonds is 6. The van der Waals surface area contributed by atoms with Gasteiger partial charge in [0.25, 0.3) is 0 Å². The minimum absolute atomic E-state index is 0. The summed E-state index contributed by atoms with van der Waals surface area (Å²) in [6.07, 6.45) is 2.09. The first-order chi connectivity index (χ1) is 14.9. The largest absolute Gasteiger partial charge is 1.00 e. The van der Waals surface area contributed by atoms with E-state index in [9.17, 15) is 4.79 Å². The Morgan fingerprint density at radius 1 is 1.22 bits per heavy atom. The van der Waals surface area contributed by atoms with Crippen LogP contribution in [-0.4, -0.2) is 79.7 Å². The molecule has 6 nitrogen and oxygen atoms in total. The molecule has 2 heterocycles. The number of nitrogens with one attached hydrogen (secondary N) is 2. The zero-order chi connectivity index (χ0) is 22.3. The number of urea groups is 1. The summed E-state index contributed by atoms with van der Waals surface area (Å²) in [5, 5.41) is 4.76. The molecule has 2 N–H and O–H groups in total. The van der Waals surface area contributed by atoms with Gasteiger partial charge in [-0.2, -0.15) is 0 Å². The summed E-state index contributed by atoms with van der Waals surface area (Å²) in [7, 11) is 4.58. The van der Waals surface area contributed by atoms with Gasteiger partial charge in [-0.25, -0.2) is 4.79 Å². The maximum absolute atomic E-state index is 12.7. The predicted molar refractivity (Wildman–Crippen MR) is 130 cm³/mol. The van der Waals surface area contributed by atoms with Crippen molar-refractivity contribution in [1.82, 2.24) is 24.6 Å². The lowest BCUT2D eigenvalue weighted by molar-refractivity contribution is -0.0000108. The van der Waals surface area contributed by atoms with E-state index in [1.807, 2.05) is 18.7 Å². The highest BCUT2D eigenvalue weighted by Crippen LogP contribution is 2.46. The summed E-state index contributed by atoms with van der Waals surface area (Å²) in [5.74, 6) is 1.83. The van der Waals surface area contributed by atoms with Crippen LogP contribution in [0.2, 0.25) is 0 Å². The number of H-pyrrole nitrogens is 1. The standard InChI is InChI=1S/C25H39N5O.HI/c1-7-29(8-2)25(31)26-17-14-19-18-12-11-13-21-23(18)20(15-22(19)28(5)16-17)24(27-21)30(6,9-3)10-4;/h11-13,17,19,22,27H,7-10,14-16H2,1-6H3;1H/t17-,19?,22+;/m0./s1. The van der Waals surface area contributed by atoms with Crippen molar-refractivity contribution in [3.63, 3.8) is 0 Å². The van der Waals surface area contributed by atoms with E-state index in [1.165, 1.54) is 27.8 Å². The van der Waals surface area contributed by atoms with E-state index in [2.05, 4.69) is 61.3 Å². The highest BCUT2D eigenvalue weighted by Gasteiger charge is 2.43. The Labute approximate surface area is 210 Å². The van der Waals surface area contributed by atoms with Crippen molar-refractivity contribution in [2.75, 3.05) is 46.8 Å². The number of piperidine rings is 1. The van der Waals surface area contributed by atoms with E-state index in [0.29, 0.717) is 12.0 Å². The monoisotopic (exact) mass is 553 g/mol. The van der Waals surface area contributed by atoms with Crippen LogP contribution in [0.3, 0.4) is 0 Å². The fourth-order valence-electron chi connectivity index (χ4n) is 5.89. The summed E-state index contributed by atoms with van der Waals surface area (Å²) in [6, 6.07) is 7.49. The van der Waals surface area contributed by atoms with Crippen LogP contribution in [0.5, 0.6) is 0 Å². The number of halogens is 1. The molecule has 2 amide bonds. The predicted octanol–water partition coefficient (Wildman–Crippen LogP) is 0.913. The number of nitrogens with zero attached hydrogens (tertiary/aromatic N) is 3. The van der Waals surface area contributed by atoms with Gasteiger partial charge in [-0.15, -0.1) is 0 Å². The fraction of sp³-hybridized carbons (Fsp3) is 0.640. The minimum atomic E-state index is 0. The smallest absolute Gasteiger partial charge is 0.317 e. The van der Waals surface area contributed by atoms with Gasteiger partial charge >= 0.3 is 6.03 Å². The number of fused-ring (bicyclic) bond motifs is 2. The van der Waals surface area contributed by atoms with Gasteiger partial charge in [-0.1, -0.05) is 12.1 Å². The van der Waals surface area contributed by atoms with E-state index >= 15 is 0 Å². The highest BCUT2D eigenvalue weighted by atomic mass is 127. The molecule has 1 fully saturated rings. The zero-order valence-electron chi connectivity index (χ0n) is 20.5. The van der Waals surface area contributed by atoms with Gasteiger partial charge in [0.05, 0.1) is 25.7 Å². The van der Waals surface area contributed by atoms with E-state index in [0.717, 1.165) is 50.0 Å². The van der Waals surface area contributed by atoms with E-state index < -0.39 is 0 Å². The summed E-state index contributed by atoms with van der Waals surface area (Å²) in [6.45, 7) is 13.2. The number of aromatic amines is 1. The van der Waals surface area contributed by atoms with Gasteiger partial charge in [0.2, 0.25) is 5.82 Å². The molecule has 2 aliphatic rings. The Hall–Kier alpha value is -1.32. The second-order valence-electron chi connectivity index (χ2n) is 9.62. The van der Waals surface area contributed by atoms with E-state index in [4.69, 9.17) is 0 Å². The molecule has 1 aromatic carbocycles. The Balaban J connectivity index is 0.00000289. The third kappa shape index (κ3) is 4.16. The van der Waals surface area contributed by atoms with Crippen molar-refractivity contribution in [3.05, 3.63) is 29.3 Å². The van der Waals surface area contributed by atoms with Crippen LogP contribution in [0.1, 0.15) is 51.2 Å². The summed E-state index contributed by atoms with van der Waals surface area (Å²) < 4.78 is 0.938. The average Bonchev–Trinajstić information content (AvgIpc) is 3.15. The number of quaternary nitrogens is 1. The molecule has 1 unspecified atom stereocenters. The molecule has 1 aromatic heterocycles. The molecule has 32 heavy (non-hydrogen) atoms. The van der Waals surface area contributed by atoms with Gasteiger partial charge in [-0.3, -0.25) is 4.48 Å². The summed E-state index contributed by atoms with van der Waals surface area (Å²) >= 11 is 0. The highest BCUT2D eigenvalue weighted by molar-refractivity contribution is 5.93. The number of hydrogen-bond acceptors (Lipinski definition) is 2. The van der Waals surface area contributed by atoms with E-state index in [-0.39, 0.29) is 36.0 Å². The Kier molecular flexibility index (Phi) is 7.82. The van der Waals surface area contributed by atoms with Gasteiger partial charge in [0, 0.05) is 48.6 Å². The molecule has 0 saturated carbocycles. The number of benzene rings is 1. The third-order valence-corrected chi connectivity index (χ3v) is 8.14. The molecule has 4 rings (SSSR count). The number of hydrogen-bond donors (Lipinski definition) is 2. The van der Waals surface area contributed by atoms with Crippen molar-refractivity contribution < 1.29 is 28.8 Å². The molecule has 1 aliphatic carbocycles. The van der Waals surface area contributed by atoms with Crippen molar-refractivity contribution in [2.45, 2.75) is 58.5 Å². The van der Waals surface area contributed by atoms with Gasteiger partial charge in [0.1, 0.15) is 0 Å². The van der Waals surface area contributed by atoms with Crippen LogP contribution in [0.15, 0.2) is 18.2 Å². The normalized spacial score (nSPS) is 22.9. The molecule has 0 bridgehead atoms. The van der Waals surface area contributed by atoms with Crippen LogP contribution in [0, 0.1) is 0 Å². The molecule has 0 spiro atoms. The van der Waals surface area contributed by atoms with Gasteiger partial charge < -0.3 is 44.1 Å². The maximum Gasteiger partial charge on any atom is 0.317 e. The van der Waals surface area contributed by atoms with E-state index in [1.54, 1.807) is 0 Å². The van der Waals surface area contributed by atoms with Crippen molar-refractivity contribution in [1.29, 1.82) is 0 Å². The Morgan fingerprint density at radius 3 is 2.53 bits per heavy atom. The number of aromatic nitrogens is 1. The topological polar surface area (TPSA) is 51.4 Å². The number of carbonyl (C=O) groups excluding carboxylic acids is 1. The molecule has 1 aliphatic heterocycles. The summed E-state index contributed by atoms with van der Waals surface area (Å²) in [4.78, 5) is 20.9. The lowest BCUT2D eigenvalue weighted by Crippen LogP contribution is -3.00. The number of amides is 2. The third-order valence-electron chi connectivity index (χ3n) is 8.14. The molecule has 3 atom stereocenters. The fourth-order valence-corrected chi connectivity index (χ4v) is 5.89. The molecule has 0 radical (unpaired) electrons. The van der Waals surface area contributed by atoms with Crippen LogP contribution in [0.4, 0.5) is 10.6 Å². The van der Waals surface area contributed by atoms with Crippen LogP contribution >= 0.6 is 0 Å². The van der Waals surface area contributed by atoms with Gasteiger partial charge in [0.15, 0.2) is 0 Å². The van der Waals surface area contributed by atoms with Crippen LogP contribution in [-0.2, 0) is 6.42 Å². The Bertz CT molecular complexity index is 949. The quantitative estimate of drug-likeness (QED) is 0.413. The SMILES string of the molecule is CCN(CC)C(=O)N[C@H]1CC2c3cccc4[nH]c([N+](C)(CC)CC)c(c34)C[C@H]2N(C)C1.[I-]. The second-order valence-corrected chi connectivity index (χ2v) is 9.62. The number of carbonyl (C=O) groups is 1. The zero-order valence-corrected chi connectivity index (χ0v) is 22.7. The van der Waals surface area contributed by atoms with Crippen molar-refractivity contribution in [2.24, 2.45) is 0 Å². The van der Waals surface area contributed by atoms with Crippen molar-refractivity contribution >= 4 is 22.8 Å². The Morgan fingerprint density at radius 2 is 1.91 bits per heavy atom. The summed E-state index contributed by atoms with van der Waals surface area (Å²) in [5.41, 5.74) is 4.23. The molecule has 7 heteroatoms. The minimum Gasteiger partial charge on any atom is -1.00 e. The van der Waals surface area contributed by atoms with Crippen LogP contribution < -0.4 is 33.8 Å². The van der Waals surface area contributed by atoms with Crippen LogP contribution in [0.25, 0.3) is 10.9 Å². The molecular weight excluding hydrogens is 513 g/mol. The maximum atomic E-state index is 12.7. The van der Waals surface area contributed by atoms with Crippen molar-refractivity contribution in [3.8, 4) is 0 Å². The molecular formula is C25H40IN5O. The number of likely N-dealkylation sites (tertiary alicyclic amines) is 1. The molecule has 2 aromatic rings. The second kappa shape index (κ2) is 9.89. The molecule has 178 valence electrons. The molecule has 1 saturated heterocycles. The first kappa shape index (κ1) is 25.3. The first-order valence-electron chi connectivity index (χ1n) is 12.1. The number of likely N-dealkylation sites (N-methyl/N-ethyl adjacent to an activating group) is 1. The lowest BCUT2D eigenvalue weighted by atomic mass is 9.73. The lowest BCUT2D eigenvalue weighted by Gasteiger charge is -2.46. The first-order valence-corrected chi connectivity index (χ1v) is 12.1. The van der Waals surface area contributed by atoms with Gasteiger partial charge in [-0.05, 0) is 59.2 Å².